The highest BCUT2D eigenvalue weighted by atomic mass is 79.9. The summed E-state index contributed by atoms with van der Waals surface area (Å²) in [5, 5.41) is 10.3. The molecule has 3 rings (SSSR count). The van der Waals surface area contributed by atoms with E-state index in [1.54, 1.807) is 0 Å². The van der Waals surface area contributed by atoms with Crippen LogP contribution in [0, 0.1) is 5.92 Å². The Morgan fingerprint density at radius 2 is 1.72 bits per heavy atom. The second-order valence-electron chi connectivity index (χ2n) is 7.01. The Balaban J connectivity index is 1.36. The predicted molar refractivity (Wildman–Crippen MR) is 104 cm³/mol. The Morgan fingerprint density at radius 1 is 1.04 bits per heavy atom. The standard InChI is InChI=1S/C21H26BrNO2/c22-19-6-8-21(9-7-19)25-16-20(24)15-23-12-10-18(11-13-23)14-17-4-2-1-3-5-17/h1-9,18,20,24H,10-16H2/p+1/t20-/m0/s1. The number of aliphatic hydroxyl groups excluding tert-OH is 1. The number of aliphatic hydroxyl groups is 1. The molecule has 0 spiro atoms. The maximum Gasteiger partial charge on any atom is 0.137 e. The van der Waals surface area contributed by atoms with Gasteiger partial charge in [-0.25, -0.2) is 0 Å². The van der Waals surface area contributed by atoms with E-state index < -0.39 is 6.10 Å². The number of halogens is 1. The fourth-order valence-corrected chi connectivity index (χ4v) is 3.82. The van der Waals surface area contributed by atoms with Crippen LogP contribution in [0.5, 0.6) is 5.75 Å². The van der Waals surface area contributed by atoms with Crippen molar-refractivity contribution in [3.63, 3.8) is 0 Å². The van der Waals surface area contributed by atoms with Crippen molar-refractivity contribution in [1.82, 2.24) is 0 Å². The number of rotatable bonds is 7. The van der Waals surface area contributed by atoms with E-state index in [-0.39, 0.29) is 0 Å². The first-order valence-corrected chi connectivity index (χ1v) is 9.92. The zero-order valence-electron chi connectivity index (χ0n) is 14.5. The first kappa shape index (κ1) is 18.4. The third-order valence-electron chi connectivity index (χ3n) is 4.96. The minimum absolute atomic E-state index is 0.360. The van der Waals surface area contributed by atoms with E-state index in [1.165, 1.54) is 29.7 Å². The van der Waals surface area contributed by atoms with Gasteiger partial charge in [-0.05, 0) is 55.0 Å². The lowest BCUT2D eigenvalue weighted by Gasteiger charge is -2.30. The van der Waals surface area contributed by atoms with Crippen molar-refractivity contribution in [3.05, 3.63) is 64.6 Å². The van der Waals surface area contributed by atoms with Crippen molar-refractivity contribution >= 4 is 15.9 Å². The molecule has 0 radical (unpaired) electrons. The fraction of sp³-hybridized carbons (Fsp3) is 0.429. The SMILES string of the molecule is O[C@H](COc1ccc(Br)cc1)C[NH+]1CCC(Cc2ccccc2)CC1. The number of piperidine rings is 1. The molecule has 2 N–H and O–H groups in total. The quantitative estimate of drug-likeness (QED) is 0.743. The van der Waals surface area contributed by atoms with Crippen LogP contribution in [-0.4, -0.2) is 37.5 Å². The van der Waals surface area contributed by atoms with E-state index >= 15 is 0 Å². The molecule has 0 bridgehead atoms. The van der Waals surface area contributed by atoms with E-state index in [9.17, 15) is 5.11 Å². The van der Waals surface area contributed by atoms with E-state index in [4.69, 9.17) is 4.74 Å². The third kappa shape index (κ3) is 6.14. The number of nitrogens with one attached hydrogen (secondary N) is 1. The van der Waals surface area contributed by atoms with Crippen molar-refractivity contribution in [1.29, 1.82) is 0 Å². The van der Waals surface area contributed by atoms with Crippen LogP contribution in [0.25, 0.3) is 0 Å². The van der Waals surface area contributed by atoms with Crippen molar-refractivity contribution < 1.29 is 14.7 Å². The number of hydrogen-bond acceptors (Lipinski definition) is 2. The summed E-state index contributed by atoms with van der Waals surface area (Å²) in [5.41, 5.74) is 1.44. The van der Waals surface area contributed by atoms with Gasteiger partial charge in [-0.15, -0.1) is 0 Å². The molecule has 0 unspecified atom stereocenters. The highest BCUT2D eigenvalue weighted by Crippen LogP contribution is 2.17. The molecule has 1 fully saturated rings. The molecular formula is C21H27BrNO2+. The first-order valence-electron chi connectivity index (χ1n) is 9.13. The monoisotopic (exact) mass is 404 g/mol. The molecule has 1 aliphatic heterocycles. The largest absolute Gasteiger partial charge is 0.491 e. The van der Waals surface area contributed by atoms with Crippen molar-refractivity contribution in [3.8, 4) is 5.75 Å². The van der Waals surface area contributed by atoms with Crippen LogP contribution in [0.1, 0.15) is 18.4 Å². The molecule has 2 aromatic rings. The molecular weight excluding hydrogens is 378 g/mol. The second-order valence-corrected chi connectivity index (χ2v) is 7.92. The molecule has 25 heavy (non-hydrogen) atoms. The predicted octanol–water partition coefficient (Wildman–Crippen LogP) is 2.73. The third-order valence-corrected chi connectivity index (χ3v) is 5.49. The van der Waals surface area contributed by atoms with Gasteiger partial charge in [0.05, 0.1) is 13.1 Å². The molecule has 0 amide bonds. The normalized spacial score (nSPS) is 21.7. The van der Waals surface area contributed by atoms with Gasteiger partial charge in [0.1, 0.15) is 25.0 Å². The molecule has 1 atom stereocenters. The summed E-state index contributed by atoms with van der Waals surface area (Å²) >= 11 is 3.41. The highest BCUT2D eigenvalue weighted by molar-refractivity contribution is 9.10. The van der Waals surface area contributed by atoms with Gasteiger partial charge in [0.15, 0.2) is 0 Å². The molecule has 3 nitrogen and oxygen atoms in total. The topological polar surface area (TPSA) is 33.9 Å². The van der Waals surface area contributed by atoms with Crippen LogP contribution in [0.15, 0.2) is 59.1 Å². The summed E-state index contributed by atoms with van der Waals surface area (Å²) in [6.45, 7) is 3.42. The second kappa shape index (κ2) is 9.37. The highest BCUT2D eigenvalue weighted by Gasteiger charge is 2.24. The number of benzene rings is 2. The molecule has 1 heterocycles. The number of ether oxygens (including phenoxy) is 1. The Morgan fingerprint density at radius 3 is 2.40 bits per heavy atom. The van der Waals surface area contributed by atoms with Crippen LogP contribution in [0.4, 0.5) is 0 Å². The molecule has 134 valence electrons. The Bertz CT molecular complexity index is 624. The minimum Gasteiger partial charge on any atom is -0.491 e. The number of likely N-dealkylation sites (tertiary alicyclic amines) is 1. The lowest BCUT2D eigenvalue weighted by molar-refractivity contribution is -0.909. The Kier molecular flexibility index (Phi) is 6.91. The van der Waals surface area contributed by atoms with Gasteiger partial charge in [0.2, 0.25) is 0 Å². The van der Waals surface area contributed by atoms with Gasteiger partial charge < -0.3 is 14.7 Å². The molecule has 1 aliphatic rings. The van der Waals surface area contributed by atoms with Gasteiger partial charge in [0, 0.05) is 4.47 Å². The van der Waals surface area contributed by atoms with Crippen LogP contribution >= 0.6 is 15.9 Å². The van der Waals surface area contributed by atoms with Crippen molar-refractivity contribution in [2.45, 2.75) is 25.4 Å². The van der Waals surface area contributed by atoms with Crippen LogP contribution in [-0.2, 0) is 6.42 Å². The molecule has 2 aromatic carbocycles. The maximum absolute atomic E-state index is 10.3. The number of quaternary nitrogens is 1. The van der Waals surface area contributed by atoms with E-state index in [2.05, 4.69) is 46.3 Å². The van der Waals surface area contributed by atoms with Gasteiger partial charge >= 0.3 is 0 Å². The lowest BCUT2D eigenvalue weighted by Crippen LogP contribution is -3.14. The summed E-state index contributed by atoms with van der Waals surface area (Å²) in [6, 6.07) is 18.5. The number of hydrogen-bond donors (Lipinski definition) is 2. The lowest BCUT2D eigenvalue weighted by atomic mass is 9.90. The van der Waals surface area contributed by atoms with Crippen molar-refractivity contribution in [2.24, 2.45) is 5.92 Å². The van der Waals surface area contributed by atoms with Crippen LogP contribution in [0.3, 0.4) is 0 Å². The zero-order chi connectivity index (χ0) is 17.5. The fourth-order valence-electron chi connectivity index (χ4n) is 3.56. The summed E-state index contributed by atoms with van der Waals surface area (Å²) in [4.78, 5) is 1.50. The maximum atomic E-state index is 10.3. The van der Waals surface area contributed by atoms with Crippen LogP contribution in [0.2, 0.25) is 0 Å². The van der Waals surface area contributed by atoms with Crippen molar-refractivity contribution in [2.75, 3.05) is 26.2 Å². The van der Waals surface area contributed by atoms with Gasteiger partial charge in [-0.3, -0.25) is 0 Å². The summed E-state index contributed by atoms with van der Waals surface area (Å²) in [5.74, 6) is 1.58. The molecule has 0 aromatic heterocycles. The Hall–Kier alpha value is -1.36. The minimum atomic E-state index is -0.413. The van der Waals surface area contributed by atoms with E-state index in [1.807, 2.05) is 24.3 Å². The molecule has 0 saturated carbocycles. The van der Waals surface area contributed by atoms with Gasteiger partial charge in [-0.1, -0.05) is 46.3 Å². The average Bonchev–Trinajstić information content (AvgIpc) is 2.64. The average molecular weight is 405 g/mol. The van der Waals surface area contributed by atoms with Gasteiger partial charge in [-0.2, -0.15) is 0 Å². The smallest absolute Gasteiger partial charge is 0.137 e. The van der Waals surface area contributed by atoms with E-state index in [0.717, 1.165) is 35.8 Å². The summed E-state index contributed by atoms with van der Waals surface area (Å²) in [7, 11) is 0. The Labute approximate surface area is 158 Å². The van der Waals surface area contributed by atoms with Crippen LogP contribution < -0.4 is 9.64 Å². The summed E-state index contributed by atoms with van der Waals surface area (Å²) in [6.07, 6.45) is 3.25. The summed E-state index contributed by atoms with van der Waals surface area (Å²) < 4.78 is 6.71. The first-order chi connectivity index (χ1) is 12.2. The molecule has 1 saturated heterocycles. The van der Waals surface area contributed by atoms with Gasteiger partial charge in [0.25, 0.3) is 0 Å². The molecule has 0 aliphatic carbocycles. The van der Waals surface area contributed by atoms with E-state index in [0.29, 0.717) is 6.61 Å². The zero-order valence-corrected chi connectivity index (χ0v) is 16.1. The molecule has 4 heteroatoms.